The van der Waals surface area contributed by atoms with Crippen LogP contribution in [0.5, 0.6) is 0 Å². The van der Waals surface area contributed by atoms with Crippen LogP contribution in [0.25, 0.3) is 11.3 Å². The molecule has 1 saturated carbocycles. The Morgan fingerprint density at radius 3 is 2.52 bits per heavy atom. The second kappa shape index (κ2) is 9.77. The van der Waals surface area contributed by atoms with Crippen molar-refractivity contribution < 1.29 is 8.78 Å². The number of hydrogen-bond donors (Lipinski definition) is 0. The average molecular weight is 369 g/mol. The Morgan fingerprint density at radius 1 is 1.04 bits per heavy atom. The maximum atomic E-state index is 13.4. The molecule has 1 aromatic carbocycles. The van der Waals surface area contributed by atoms with Gasteiger partial charge in [-0.2, -0.15) is 0 Å². The van der Waals surface area contributed by atoms with Crippen LogP contribution < -0.4 is 0 Å². The SMILES string of the molecule is CCCC=CC1CCC(CCc2ccc(-c3ccc(F)c(F)c3)nc2)CC1. The summed E-state index contributed by atoms with van der Waals surface area (Å²) in [6.45, 7) is 2.22. The molecule has 1 aliphatic carbocycles. The van der Waals surface area contributed by atoms with E-state index in [0.717, 1.165) is 24.3 Å². The summed E-state index contributed by atoms with van der Waals surface area (Å²) in [6, 6.07) is 7.87. The highest BCUT2D eigenvalue weighted by molar-refractivity contribution is 5.59. The molecule has 0 amide bonds. The Hall–Kier alpha value is -2.03. The molecular formula is C24H29F2N. The molecule has 1 heterocycles. The second-order valence-electron chi connectivity index (χ2n) is 7.72. The smallest absolute Gasteiger partial charge is 0.159 e. The molecule has 144 valence electrons. The van der Waals surface area contributed by atoms with Gasteiger partial charge in [0.25, 0.3) is 0 Å². The molecule has 0 saturated heterocycles. The molecule has 0 bridgehead atoms. The number of rotatable bonds is 7. The molecule has 3 heteroatoms. The predicted octanol–water partition coefficient (Wildman–Crippen LogP) is 7.12. The van der Waals surface area contributed by atoms with Gasteiger partial charge in [-0.05, 0) is 86.6 Å². The highest BCUT2D eigenvalue weighted by atomic mass is 19.2. The van der Waals surface area contributed by atoms with E-state index in [-0.39, 0.29) is 0 Å². The summed E-state index contributed by atoms with van der Waals surface area (Å²) in [5, 5.41) is 0. The van der Waals surface area contributed by atoms with E-state index < -0.39 is 11.6 Å². The lowest BCUT2D eigenvalue weighted by Gasteiger charge is -2.26. The molecule has 0 unspecified atom stereocenters. The number of nitrogens with zero attached hydrogens (tertiary/aromatic N) is 1. The molecule has 0 spiro atoms. The minimum Gasteiger partial charge on any atom is -0.256 e. The molecule has 0 atom stereocenters. The Bertz CT molecular complexity index is 743. The van der Waals surface area contributed by atoms with Gasteiger partial charge >= 0.3 is 0 Å². The molecule has 1 aromatic heterocycles. The maximum absolute atomic E-state index is 13.4. The fourth-order valence-corrected chi connectivity index (χ4v) is 3.89. The summed E-state index contributed by atoms with van der Waals surface area (Å²) in [6.07, 6.45) is 16.6. The Balaban J connectivity index is 1.47. The summed E-state index contributed by atoms with van der Waals surface area (Å²) in [4.78, 5) is 4.44. The largest absolute Gasteiger partial charge is 0.256 e. The molecule has 0 radical (unpaired) electrons. The fourth-order valence-electron chi connectivity index (χ4n) is 3.89. The van der Waals surface area contributed by atoms with Gasteiger partial charge in [-0.15, -0.1) is 0 Å². The monoisotopic (exact) mass is 369 g/mol. The number of hydrogen-bond acceptors (Lipinski definition) is 1. The van der Waals surface area contributed by atoms with Crippen molar-refractivity contribution in [3.05, 3.63) is 65.9 Å². The summed E-state index contributed by atoms with van der Waals surface area (Å²) in [7, 11) is 0. The van der Waals surface area contributed by atoms with Crippen molar-refractivity contribution in [3.8, 4) is 11.3 Å². The normalized spacial score (nSPS) is 20.3. The molecule has 1 nitrogen and oxygen atoms in total. The molecule has 1 aliphatic rings. The van der Waals surface area contributed by atoms with E-state index in [9.17, 15) is 8.78 Å². The predicted molar refractivity (Wildman–Crippen MR) is 107 cm³/mol. The van der Waals surface area contributed by atoms with Crippen molar-refractivity contribution in [3.63, 3.8) is 0 Å². The first-order valence-electron chi connectivity index (χ1n) is 10.2. The highest BCUT2D eigenvalue weighted by Gasteiger charge is 2.19. The molecule has 2 aromatic rings. The van der Waals surface area contributed by atoms with Crippen molar-refractivity contribution in [2.45, 2.75) is 58.3 Å². The third kappa shape index (κ3) is 5.72. The Morgan fingerprint density at radius 2 is 1.85 bits per heavy atom. The van der Waals surface area contributed by atoms with Crippen LogP contribution in [0.15, 0.2) is 48.7 Å². The molecule has 0 N–H and O–H groups in total. The van der Waals surface area contributed by atoms with Gasteiger partial charge < -0.3 is 0 Å². The number of halogens is 2. The van der Waals surface area contributed by atoms with Gasteiger partial charge in [0.15, 0.2) is 11.6 Å². The number of aromatic nitrogens is 1. The summed E-state index contributed by atoms with van der Waals surface area (Å²) >= 11 is 0. The molecule has 3 rings (SSSR count). The third-order valence-electron chi connectivity index (χ3n) is 5.64. The summed E-state index contributed by atoms with van der Waals surface area (Å²) in [5.74, 6) is -0.0685. The zero-order valence-electron chi connectivity index (χ0n) is 16.1. The molecule has 1 fully saturated rings. The first-order chi connectivity index (χ1) is 13.2. The standard InChI is InChI=1S/C24H29F2N/c1-2-3-4-5-18-6-8-19(9-7-18)10-11-20-12-15-24(27-17-20)21-13-14-22(25)23(26)16-21/h4-5,12-19H,2-3,6-11H2,1H3. The van der Waals surface area contributed by atoms with Gasteiger partial charge in [-0.25, -0.2) is 8.78 Å². The summed E-state index contributed by atoms with van der Waals surface area (Å²) < 4.78 is 26.4. The van der Waals surface area contributed by atoms with Gasteiger partial charge in [0.1, 0.15) is 0 Å². The van der Waals surface area contributed by atoms with Gasteiger partial charge in [0, 0.05) is 11.8 Å². The minimum atomic E-state index is -0.835. The topological polar surface area (TPSA) is 12.9 Å². The number of unbranched alkanes of at least 4 members (excludes halogenated alkanes) is 1. The quantitative estimate of drug-likeness (QED) is 0.473. The molecule has 0 aliphatic heterocycles. The number of allylic oxidation sites excluding steroid dienone is 2. The lowest BCUT2D eigenvalue weighted by molar-refractivity contribution is 0.296. The van der Waals surface area contributed by atoms with Gasteiger partial charge in [0.2, 0.25) is 0 Å². The summed E-state index contributed by atoms with van der Waals surface area (Å²) in [5.41, 5.74) is 2.50. The zero-order chi connectivity index (χ0) is 19.1. The van der Waals surface area contributed by atoms with Gasteiger partial charge in [0.05, 0.1) is 5.69 Å². The van der Waals surface area contributed by atoms with E-state index in [1.165, 1.54) is 56.6 Å². The van der Waals surface area contributed by atoms with Crippen molar-refractivity contribution in [1.82, 2.24) is 4.98 Å². The van der Waals surface area contributed by atoms with Crippen LogP contribution in [0, 0.1) is 23.5 Å². The van der Waals surface area contributed by atoms with E-state index >= 15 is 0 Å². The van der Waals surface area contributed by atoms with Crippen molar-refractivity contribution in [1.29, 1.82) is 0 Å². The van der Waals surface area contributed by atoms with Gasteiger partial charge in [-0.1, -0.05) is 31.6 Å². The molecule has 27 heavy (non-hydrogen) atoms. The third-order valence-corrected chi connectivity index (χ3v) is 5.64. The fraction of sp³-hybridized carbons (Fsp3) is 0.458. The van der Waals surface area contributed by atoms with E-state index in [4.69, 9.17) is 0 Å². The lowest BCUT2D eigenvalue weighted by Crippen LogP contribution is -2.13. The zero-order valence-corrected chi connectivity index (χ0v) is 16.1. The first-order valence-corrected chi connectivity index (χ1v) is 10.2. The number of pyridine rings is 1. The minimum absolute atomic E-state index is 0.606. The van der Waals surface area contributed by atoms with E-state index in [0.29, 0.717) is 11.3 Å². The van der Waals surface area contributed by atoms with Crippen LogP contribution in [0.1, 0.15) is 57.4 Å². The average Bonchev–Trinajstić information content (AvgIpc) is 2.70. The van der Waals surface area contributed by atoms with E-state index in [1.54, 1.807) is 6.07 Å². The van der Waals surface area contributed by atoms with Crippen LogP contribution >= 0.6 is 0 Å². The Kier molecular flexibility index (Phi) is 7.14. The van der Waals surface area contributed by atoms with Crippen molar-refractivity contribution >= 4 is 0 Å². The van der Waals surface area contributed by atoms with E-state index in [1.807, 2.05) is 12.3 Å². The van der Waals surface area contributed by atoms with Crippen LogP contribution in [-0.2, 0) is 6.42 Å². The van der Waals surface area contributed by atoms with Crippen LogP contribution in [0.3, 0.4) is 0 Å². The van der Waals surface area contributed by atoms with Gasteiger partial charge in [-0.3, -0.25) is 4.98 Å². The lowest BCUT2D eigenvalue weighted by atomic mass is 9.79. The van der Waals surface area contributed by atoms with Crippen molar-refractivity contribution in [2.75, 3.05) is 0 Å². The molecular weight excluding hydrogens is 340 g/mol. The number of aryl methyl sites for hydroxylation is 1. The van der Waals surface area contributed by atoms with E-state index in [2.05, 4.69) is 30.1 Å². The second-order valence-corrected chi connectivity index (χ2v) is 7.72. The highest BCUT2D eigenvalue weighted by Crippen LogP contribution is 2.32. The van der Waals surface area contributed by atoms with Crippen LogP contribution in [0.4, 0.5) is 8.78 Å². The Labute approximate surface area is 161 Å². The van der Waals surface area contributed by atoms with Crippen LogP contribution in [-0.4, -0.2) is 4.98 Å². The van der Waals surface area contributed by atoms with Crippen molar-refractivity contribution in [2.24, 2.45) is 11.8 Å². The van der Waals surface area contributed by atoms with Crippen LogP contribution in [0.2, 0.25) is 0 Å². The first kappa shape index (κ1) is 19.7. The number of benzene rings is 1. The maximum Gasteiger partial charge on any atom is 0.159 e.